The van der Waals surface area contributed by atoms with Crippen LogP contribution in [0.15, 0.2) is 23.2 Å². The van der Waals surface area contributed by atoms with E-state index in [4.69, 9.17) is 14.7 Å². The Morgan fingerprint density at radius 2 is 1.90 bits per heavy atom. The Kier molecular flexibility index (Phi) is 3.67. The zero-order valence-corrected chi connectivity index (χ0v) is 12.2. The number of nitriles is 1. The number of hydrogen-bond acceptors (Lipinski definition) is 6. The average molecular weight is 309 g/mol. The molecule has 1 aromatic rings. The fourth-order valence-electron chi connectivity index (χ4n) is 2.60. The minimum absolute atomic E-state index is 0.103. The summed E-state index contributed by atoms with van der Waals surface area (Å²) in [6, 6.07) is 4.68. The molecule has 0 aromatic carbocycles. The Labute approximate surface area is 123 Å². The summed E-state index contributed by atoms with van der Waals surface area (Å²) in [6.45, 7) is 1.82. The molecule has 2 saturated heterocycles. The number of nitrogens with zero attached hydrogens (tertiary/aromatic N) is 3. The Morgan fingerprint density at radius 3 is 2.43 bits per heavy atom. The molecule has 1 spiro atoms. The van der Waals surface area contributed by atoms with E-state index in [0.717, 1.165) is 0 Å². The third-order valence-corrected chi connectivity index (χ3v) is 5.67. The Morgan fingerprint density at radius 1 is 1.24 bits per heavy atom. The van der Waals surface area contributed by atoms with Gasteiger partial charge in [0.25, 0.3) is 0 Å². The van der Waals surface area contributed by atoms with Crippen LogP contribution in [0.3, 0.4) is 0 Å². The van der Waals surface area contributed by atoms with E-state index in [9.17, 15) is 8.42 Å². The van der Waals surface area contributed by atoms with E-state index in [0.29, 0.717) is 39.1 Å². The topological polar surface area (TPSA) is 92.5 Å². The molecule has 0 unspecified atom stereocenters. The summed E-state index contributed by atoms with van der Waals surface area (Å²) in [7, 11) is -3.58. The van der Waals surface area contributed by atoms with Crippen molar-refractivity contribution in [3.05, 3.63) is 24.0 Å². The highest BCUT2D eigenvalue weighted by atomic mass is 32.2. The molecule has 0 saturated carbocycles. The Bertz CT molecular complexity index is 650. The Hall–Kier alpha value is -1.53. The van der Waals surface area contributed by atoms with Gasteiger partial charge in [-0.05, 0) is 12.1 Å². The quantitative estimate of drug-likeness (QED) is 0.789. The number of hydrogen-bond donors (Lipinski definition) is 0. The van der Waals surface area contributed by atoms with Gasteiger partial charge in [-0.1, -0.05) is 0 Å². The molecule has 2 fully saturated rings. The highest BCUT2D eigenvalue weighted by molar-refractivity contribution is 7.89. The van der Waals surface area contributed by atoms with E-state index in [-0.39, 0.29) is 10.6 Å². The zero-order chi connectivity index (χ0) is 14.9. The van der Waals surface area contributed by atoms with E-state index in [2.05, 4.69) is 4.98 Å². The van der Waals surface area contributed by atoms with Gasteiger partial charge in [0.05, 0.1) is 13.2 Å². The molecule has 0 amide bonds. The van der Waals surface area contributed by atoms with Crippen molar-refractivity contribution in [2.45, 2.75) is 23.5 Å². The van der Waals surface area contributed by atoms with Crippen molar-refractivity contribution in [2.75, 3.05) is 26.3 Å². The van der Waals surface area contributed by atoms with Gasteiger partial charge in [-0.25, -0.2) is 13.4 Å². The number of aromatic nitrogens is 1. The van der Waals surface area contributed by atoms with Crippen LogP contribution in [0.25, 0.3) is 0 Å². The lowest BCUT2D eigenvalue weighted by atomic mass is 10.1. The van der Waals surface area contributed by atoms with Gasteiger partial charge in [0, 0.05) is 32.1 Å². The van der Waals surface area contributed by atoms with Crippen molar-refractivity contribution in [1.82, 2.24) is 9.29 Å². The first kappa shape index (κ1) is 14.4. The lowest BCUT2D eigenvalue weighted by Crippen LogP contribution is -2.47. The van der Waals surface area contributed by atoms with Crippen molar-refractivity contribution in [2.24, 2.45) is 0 Å². The van der Waals surface area contributed by atoms with Crippen LogP contribution >= 0.6 is 0 Å². The molecular formula is C13H15N3O4S. The maximum Gasteiger partial charge on any atom is 0.244 e. The minimum Gasteiger partial charge on any atom is -0.347 e. The van der Waals surface area contributed by atoms with Crippen LogP contribution in [0.5, 0.6) is 0 Å². The van der Waals surface area contributed by atoms with E-state index in [1.807, 2.05) is 6.07 Å². The molecule has 0 N–H and O–H groups in total. The molecule has 7 nitrogen and oxygen atoms in total. The molecule has 2 aliphatic rings. The lowest BCUT2D eigenvalue weighted by molar-refractivity contribution is -0.179. The lowest BCUT2D eigenvalue weighted by Gasteiger charge is -2.36. The SMILES string of the molecule is N#Cc1ccc(S(=O)(=O)N2CCC3(CC2)OCCO3)cn1. The third kappa shape index (κ3) is 2.65. The van der Waals surface area contributed by atoms with Crippen molar-refractivity contribution in [1.29, 1.82) is 5.26 Å². The molecule has 0 bridgehead atoms. The molecule has 0 atom stereocenters. The van der Waals surface area contributed by atoms with Crippen molar-refractivity contribution in [3.8, 4) is 6.07 Å². The average Bonchev–Trinajstić information content (AvgIpc) is 2.96. The van der Waals surface area contributed by atoms with Gasteiger partial charge in [0.15, 0.2) is 5.79 Å². The summed E-state index contributed by atoms with van der Waals surface area (Å²) in [6.07, 6.45) is 2.27. The predicted octanol–water partition coefficient (Wildman–Crippen LogP) is 0.481. The van der Waals surface area contributed by atoms with Gasteiger partial charge < -0.3 is 9.47 Å². The molecule has 0 radical (unpaired) electrons. The van der Waals surface area contributed by atoms with Crippen molar-refractivity contribution < 1.29 is 17.9 Å². The second-order valence-electron chi connectivity index (χ2n) is 5.00. The molecule has 8 heteroatoms. The molecule has 1 aromatic heterocycles. The molecule has 3 heterocycles. The van der Waals surface area contributed by atoms with E-state index in [1.165, 1.54) is 22.6 Å². The van der Waals surface area contributed by atoms with Crippen molar-refractivity contribution >= 4 is 10.0 Å². The first-order valence-electron chi connectivity index (χ1n) is 6.70. The fourth-order valence-corrected chi connectivity index (χ4v) is 3.99. The second-order valence-corrected chi connectivity index (χ2v) is 6.94. The summed E-state index contributed by atoms with van der Waals surface area (Å²) < 4.78 is 37.6. The molecule has 0 aliphatic carbocycles. The standard InChI is InChI=1S/C13H15N3O4S/c14-9-11-1-2-12(10-15-11)21(17,18)16-5-3-13(4-6-16)19-7-8-20-13/h1-2,10H,3-8H2. The second kappa shape index (κ2) is 5.35. The van der Waals surface area contributed by atoms with Gasteiger partial charge in [-0.2, -0.15) is 9.57 Å². The van der Waals surface area contributed by atoms with Crippen LogP contribution in [0.1, 0.15) is 18.5 Å². The number of piperidine rings is 1. The molecule has 3 rings (SSSR count). The summed E-state index contributed by atoms with van der Waals surface area (Å²) in [5.74, 6) is -0.602. The van der Waals surface area contributed by atoms with Crippen LogP contribution in [-0.4, -0.2) is 49.8 Å². The highest BCUT2D eigenvalue weighted by Gasteiger charge is 2.42. The smallest absolute Gasteiger partial charge is 0.244 e. The first-order chi connectivity index (χ1) is 10.1. The van der Waals surface area contributed by atoms with E-state index >= 15 is 0 Å². The van der Waals surface area contributed by atoms with Crippen LogP contribution in [-0.2, 0) is 19.5 Å². The number of pyridine rings is 1. The van der Waals surface area contributed by atoms with Crippen LogP contribution in [0.4, 0.5) is 0 Å². The maximum atomic E-state index is 12.5. The van der Waals surface area contributed by atoms with Gasteiger partial charge in [0.1, 0.15) is 16.7 Å². The van der Waals surface area contributed by atoms with E-state index < -0.39 is 15.8 Å². The molecule has 21 heavy (non-hydrogen) atoms. The summed E-state index contributed by atoms with van der Waals surface area (Å²) in [5.41, 5.74) is 0.194. The summed E-state index contributed by atoms with van der Waals surface area (Å²) in [5, 5.41) is 8.70. The first-order valence-corrected chi connectivity index (χ1v) is 8.14. The van der Waals surface area contributed by atoms with Gasteiger partial charge in [-0.3, -0.25) is 0 Å². The molecule has 2 aliphatic heterocycles. The highest BCUT2D eigenvalue weighted by Crippen LogP contribution is 2.33. The van der Waals surface area contributed by atoms with Crippen LogP contribution < -0.4 is 0 Å². The van der Waals surface area contributed by atoms with Gasteiger partial charge in [0.2, 0.25) is 10.0 Å². The number of sulfonamides is 1. The molecule has 112 valence electrons. The normalized spacial score (nSPS) is 22.2. The Balaban J connectivity index is 1.75. The van der Waals surface area contributed by atoms with Gasteiger partial charge >= 0.3 is 0 Å². The maximum absolute atomic E-state index is 12.5. The predicted molar refractivity (Wildman–Crippen MR) is 71.6 cm³/mol. The third-order valence-electron chi connectivity index (χ3n) is 3.79. The van der Waals surface area contributed by atoms with Crippen LogP contribution in [0, 0.1) is 11.3 Å². The molecular weight excluding hydrogens is 294 g/mol. The van der Waals surface area contributed by atoms with Crippen LogP contribution in [0.2, 0.25) is 0 Å². The largest absolute Gasteiger partial charge is 0.347 e. The van der Waals surface area contributed by atoms with E-state index in [1.54, 1.807) is 0 Å². The number of rotatable bonds is 2. The van der Waals surface area contributed by atoms with Crippen molar-refractivity contribution in [3.63, 3.8) is 0 Å². The summed E-state index contributed by atoms with van der Waals surface area (Å²) in [4.78, 5) is 3.92. The summed E-state index contributed by atoms with van der Waals surface area (Å²) >= 11 is 0. The zero-order valence-electron chi connectivity index (χ0n) is 11.4. The number of ether oxygens (including phenoxy) is 2. The monoisotopic (exact) mass is 309 g/mol. The van der Waals surface area contributed by atoms with Gasteiger partial charge in [-0.15, -0.1) is 0 Å². The fraction of sp³-hybridized carbons (Fsp3) is 0.538. The minimum atomic E-state index is -3.58.